The molecule has 3 rings (SSSR count). The van der Waals surface area contributed by atoms with E-state index in [2.05, 4.69) is 0 Å². The molecule has 5 heteroatoms. The molecule has 1 N–H and O–H groups in total. The number of hydrogen-bond donors (Lipinski definition) is 1. The normalized spacial score (nSPS) is 12.5. The third-order valence-corrected chi connectivity index (χ3v) is 3.24. The molecule has 0 radical (unpaired) electrons. The van der Waals surface area contributed by atoms with Gasteiger partial charge in [-0.15, -0.1) is 0 Å². The van der Waals surface area contributed by atoms with Crippen molar-refractivity contribution in [1.82, 2.24) is 0 Å². The first-order chi connectivity index (χ1) is 9.76. The molecule has 1 aliphatic heterocycles. The van der Waals surface area contributed by atoms with Gasteiger partial charge in [-0.1, -0.05) is 23.7 Å². The van der Waals surface area contributed by atoms with Crippen LogP contribution in [-0.2, 0) is 13.2 Å². The summed E-state index contributed by atoms with van der Waals surface area (Å²) in [7, 11) is 0. The predicted octanol–water partition coefficient (Wildman–Crippen LogP) is 3.14. The van der Waals surface area contributed by atoms with Gasteiger partial charge in [-0.3, -0.25) is 0 Å². The van der Waals surface area contributed by atoms with Gasteiger partial charge >= 0.3 is 0 Å². The van der Waals surface area contributed by atoms with Crippen LogP contribution in [-0.4, -0.2) is 11.9 Å². The van der Waals surface area contributed by atoms with E-state index in [1.54, 1.807) is 12.1 Å². The number of ether oxygens (including phenoxy) is 3. The Labute approximate surface area is 121 Å². The van der Waals surface area contributed by atoms with Crippen LogP contribution < -0.4 is 14.2 Å². The molecule has 1 heterocycles. The summed E-state index contributed by atoms with van der Waals surface area (Å²) < 4.78 is 16.3. The van der Waals surface area contributed by atoms with Crippen LogP contribution in [0.2, 0.25) is 5.02 Å². The maximum atomic E-state index is 9.39. The van der Waals surface area contributed by atoms with E-state index in [1.807, 2.05) is 24.3 Å². The van der Waals surface area contributed by atoms with E-state index in [0.717, 1.165) is 5.56 Å². The molecule has 0 fully saturated rings. The Morgan fingerprint density at radius 3 is 2.70 bits per heavy atom. The van der Waals surface area contributed by atoms with E-state index >= 15 is 0 Å². The van der Waals surface area contributed by atoms with E-state index in [9.17, 15) is 5.11 Å². The molecular weight excluding hydrogens is 280 g/mol. The first kappa shape index (κ1) is 13.1. The molecule has 0 spiro atoms. The summed E-state index contributed by atoms with van der Waals surface area (Å²) in [6, 6.07) is 10.9. The third kappa shape index (κ3) is 2.66. The quantitative estimate of drug-likeness (QED) is 0.940. The molecule has 0 aromatic heterocycles. The monoisotopic (exact) mass is 292 g/mol. The third-order valence-electron chi connectivity index (χ3n) is 3.01. The zero-order chi connectivity index (χ0) is 13.9. The number of halogens is 1. The van der Waals surface area contributed by atoms with Crippen LogP contribution in [0.4, 0.5) is 0 Å². The van der Waals surface area contributed by atoms with Crippen molar-refractivity contribution in [3.63, 3.8) is 0 Å². The molecule has 4 nitrogen and oxygen atoms in total. The lowest BCUT2D eigenvalue weighted by atomic mass is 10.2. The van der Waals surface area contributed by atoms with Gasteiger partial charge in [-0.25, -0.2) is 0 Å². The van der Waals surface area contributed by atoms with Crippen molar-refractivity contribution >= 4 is 11.6 Å². The van der Waals surface area contributed by atoms with E-state index in [0.29, 0.717) is 34.4 Å². The maximum absolute atomic E-state index is 9.39. The van der Waals surface area contributed by atoms with Gasteiger partial charge in [-0.2, -0.15) is 0 Å². The second kappa shape index (κ2) is 5.61. The van der Waals surface area contributed by atoms with Crippen LogP contribution in [0.5, 0.6) is 17.2 Å². The van der Waals surface area contributed by atoms with Crippen molar-refractivity contribution in [3.05, 3.63) is 52.5 Å². The number of benzene rings is 2. The molecule has 20 heavy (non-hydrogen) atoms. The molecule has 0 aliphatic carbocycles. The fourth-order valence-corrected chi connectivity index (χ4v) is 2.22. The average Bonchev–Trinajstić information content (AvgIpc) is 2.91. The van der Waals surface area contributed by atoms with Gasteiger partial charge in [0.25, 0.3) is 0 Å². The average molecular weight is 293 g/mol. The molecule has 2 aromatic rings. The lowest BCUT2D eigenvalue weighted by Gasteiger charge is -2.11. The Morgan fingerprint density at radius 2 is 1.95 bits per heavy atom. The van der Waals surface area contributed by atoms with E-state index < -0.39 is 0 Å². The van der Waals surface area contributed by atoms with Crippen LogP contribution in [0, 0.1) is 0 Å². The summed E-state index contributed by atoms with van der Waals surface area (Å²) in [5.41, 5.74) is 1.62. The molecule has 0 atom stereocenters. The van der Waals surface area contributed by atoms with Gasteiger partial charge in [0, 0.05) is 16.7 Å². The fourth-order valence-electron chi connectivity index (χ4n) is 2.01. The van der Waals surface area contributed by atoms with Crippen molar-refractivity contribution in [2.45, 2.75) is 13.2 Å². The zero-order valence-electron chi connectivity index (χ0n) is 10.6. The smallest absolute Gasteiger partial charge is 0.231 e. The van der Waals surface area contributed by atoms with Crippen LogP contribution in [0.15, 0.2) is 36.4 Å². The van der Waals surface area contributed by atoms with Crippen LogP contribution in [0.25, 0.3) is 0 Å². The maximum Gasteiger partial charge on any atom is 0.231 e. The first-order valence-corrected chi connectivity index (χ1v) is 6.54. The van der Waals surface area contributed by atoms with Crippen molar-refractivity contribution < 1.29 is 19.3 Å². The van der Waals surface area contributed by atoms with E-state index in [4.69, 9.17) is 25.8 Å². The summed E-state index contributed by atoms with van der Waals surface area (Å²) >= 11 is 5.93. The molecule has 1 aliphatic rings. The van der Waals surface area contributed by atoms with Gasteiger partial charge in [0.15, 0.2) is 11.5 Å². The van der Waals surface area contributed by atoms with Crippen molar-refractivity contribution in [3.8, 4) is 17.2 Å². The summed E-state index contributed by atoms with van der Waals surface area (Å²) in [6.45, 7) is 0.437. The van der Waals surface area contributed by atoms with E-state index in [1.165, 1.54) is 0 Å². The van der Waals surface area contributed by atoms with Crippen LogP contribution >= 0.6 is 11.6 Å². The zero-order valence-corrected chi connectivity index (χ0v) is 11.4. The number of fused-ring (bicyclic) bond motifs is 1. The Balaban J connectivity index is 1.80. The van der Waals surface area contributed by atoms with E-state index in [-0.39, 0.29) is 13.4 Å². The standard InChI is InChI=1S/C15H13ClO4/c16-12-3-1-2-10(4-12)8-18-13-6-15-14(19-9-20-15)5-11(13)7-17/h1-6,17H,7-9H2. The summed E-state index contributed by atoms with van der Waals surface area (Å²) in [4.78, 5) is 0. The molecular formula is C15H13ClO4. The highest BCUT2D eigenvalue weighted by molar-refractivity contribution is 6.30. The molecule has 0 unspecified atom stereocenters. The fraction of sp³-hybridized carbons (Fsp3) is 0.200. The lowest BCUT2D eigenvalue weighted by molar-refractivity contribution is 0.173. The second-order valence-corrected chi connectivity index (χ2v) is 4.83. The Morgan fingerprint density at radius 1 is 1.15 bits per heavy atom. The van der Waals surface area contributed by atoms with Gasteiger partial charge in [0.2, 0.25) is 6.79 Å². The van der Waals surface area contributed by atoms with Crippen LogP contribution in [0.1, 0.15) is 11.1 Å². The largest absolute Gasteiger partial charge is 0.488 e. The van der Waals surface area contributed by atoms with Crippen molar-refractivity contribution in [2.75, 3.05) is 6.79 Å². The Kier molecular flexibility index (Phi) is 3.67. The topological polar surface area (TPSA) is 47.9 Å². The highest BCUT2D eigenvalue weighted by Crippen LogP contribution is 2.38. The highest BCUT2D eigenvalue weighted by atomic mass is 35.5. The Bertz CT molecular complexity index is 627. The summed E-state index contributed by atoms with van der Waals surface area (Å²) in [5, 5.41) is 10.1. The second-order valence-electron chi connectivity index (χ2n) is 4.39. The minimum absolute atomic E-state index is 0.123. The molecule has 2 aromatic carbocycles. The van der Waals surface area contributed by atoms with Crippen LogP contribution in [0.3, 0.4) is 0 Å². The lowest BCUT2D eigenvalue weighted by Crippen LogP contribution is -1.99. The predicted molar refractivity (Wildman–Crippen MR) is 74.3 cm³/mol. The number of aliphatic hydroxyl groups is 1. The van der Waals surface area contributed by atoms with Gasteiger partial charge in [-0.05, 0) is 23.8 Å². The highest BCUT2D eigenvalue weighted by Gasteiger charge is 2.17. The molecule has 0 bridgehead atoms. The SMILES string of the molecule is OCc1cc2c(cc1OCc1cccc(Cl)c1)OCO2. The molecule has 104 valence electrons. The number of rotatable bonds is 4. The summed E-state index contributed by atoms with van der Waals surface area (Å²) in [5.74, 6) is 1.84. The van der Waals surface area contributed by atoms with Crippen molar-refractivity contribution in [1.29, 1.82) is 0 Å². The molecule has 0 saturated heterocycles. The first-order valence-electron chi connectivity index (χ1n) is 6.17. The minimum Gasteiger partial charge on any atom is -0.488 e. The molecule has 0 saturated carbocycles. The minimum atomic E-state index is -0.123. The van der Waals surface area contributed by atoms with Crippen molar-refractivity contribution in [2.24, 2.45) is 0 Å². The Hall–Kier alpha value is -1.91. The van der Waals surface area contributed by atoms with Gasteiger partial charge < -0.3 is 19.3 Å². The number of aliphatic hydroxyl groups excluding tert-OH is 1. The molecule has 0 amide bonds. The van der Waals surface area contributed by atoms with Gasteiger partial charge in [0.05, 0.1) is 6.61 Å². The number of hydrogen-bond acceptors (Lipinski definition) is 4. The van der Waals surface area contributed by atoms with Gasteiger partial charge in [0.1, 0.15) is 12.4 Å². The summed E-state index contributed by atoms with van der Waals surface area (Å²) in [6.07, 6.45) is 0.